The van der Waals surface area contributed by atoms with Crippen LogP contribution in [0.4, 0.5) is 0 Å². The second-order valence-corrected chi connectivity index (χ2v) is 3.77. The highest BCUT2D eigenvalue weighted by Crippen LogP contribution is 2.29. The first-order chi connectivity index (χ1) is 7.60. The normalized spacial score (nSPS) is 14.6. The van der Waals surface area contributed by atoms with Crippen molar-refractivity contribution < 1.29 is 20.1 Å². The van der Waals surface area contributed by atoms with Crippen LogP contribution in [0.3, 0.4) is 0 Å². The van der Waals surface area contributed by atoms with E-state index in [2.05, 4.69) is 0 Å². The third kappa shape index (κ3) is 2.95. The molecule has 0 radical (unpaired) electrons. The van der Waals surface area contributed by atoms with Crippen LogP contribution in [0, 0.1) is 6.92 Å². The molecule has 1 aromatic carbocycles. The minimum absolute atomic E-state index is 0.137. The maximum Gasteiger partial charge on any atom is 0.124 e. The van der Waals surface area contributed by atoms with Gasteiger partial charge >= 0.3 is 0 Å². The molecule has 0 aromatic heterocycles. The molecule has 0 heterocycles. The zero-order valence-corrected chi connectivity index (χ0v) is 9.55. The number of methoxy groups -OCH3 is 1. The van der Waals surface area contributed by atoms with Crippen molar-refractivity contribution in [2.75, 3.05) is 13.7 Å². The van der Waals surface area contributed by atoms with Gasteiger partial charge in [-0.2, -0.15) is 0 Å². The van der Waals surface area contributed by atoms with Gasteiger partial charge in [-0.1, -0.05) is 11.6 Å². The number of ether oxygens (including phenoxy) is 1. The van der Waals surface area contributed by atoms with E-state index in [0.717, 1.165) is 5.56 Å². The average molecular weight is 226 g/mol. The molecule has 4 heteroatoms. The predicted octanol–water partition coefficient (Wildman–Crippen LogP) is 0.780. The summed E-state index contributed by atoms with van der Waals surface area (Å²) in [5.74, 6) is 0.537. The number of rotatable bonds is 5. The molecule has 0 aliphatic rings. The Morgan fingerprint density at radius 2 is 2.00 bits per heavy atom. The molecule has 4 nitrogen and oxygen atoms in total. The maximum atomic E-state index is 9.92. The van der Waals surface area contributed by atoms with Crippen LogP contribution < -0.4 is 4.74 Å². The molecule has 2 atom stereocenters. The lowest BCUT2D eigenvalue weighted by Crippen LogP contribution is -2.20. The molecular formula is C12H18O4. The highest BCUT2D eigenvalue weighted by Gasteiger charge is 2.21. The summed E-state index contributed by atoms with van der Waals surface area (Å²) in [6, 6.07) is 5.39. The Hall–Kier alpha value is -1.10. The van der Waals surface area contributed by atoms with Crippen LogP contribution in [0.1, 0.15) is 23.7 Å². The van der Waals surface area contributed by atoms with Crippen LogP contribution in [-0.2, 0) is 0 Å². The minimum Gasteiger partial charge on any atom is -0.496 e. The predicted molar refractivity (Wildman–Crippen MR) is 60.4 cm³/mol. The molecule has 0 amide bonds. The van der Waals surface area contributed by atoms with Crippen molar-refractivity contribution in [3.8, 4) is 5.75 Å². The summed E-state index contributed by atoms with van der Waals surface area (Å²) >= 11 is 0. The lowest BCUT2D eigenvalue weighted by Gasteiger charge is -2.20. The Morgan fingerprint density at radius 1 is 1.31 bits per heavy atom. The topological polar surface area (TPSA) is 69.9 Å². The number of aryl methyl sites for hydroxylation is 1. The van der Waals surface area contributed by atoms with Crippen molar-refractivity contribution in [1.82, 2.24) is 0 Å². The molecule has 0 saturated heterocycles. The van der Waals surface area contributed by atoms with Gasteiger partial charge in [0, 0.05) is 12.2 Å². The van der Waals surface area contributed by atoms with Crippen molar-refractivity contribution >= 4 is 0 Å². The molecule has 3 N–H and O–H groups in total. The SMILES string of the molecule is COc1ccc(C)cc1C(O)C(O)CCO. The molecule has 1 aromatic rings. The van der Waals surface area contributed by atoms with Gasteiger partial charge in [0.05, 0.1) is 13.2 Å². The van der Waals surface area contributed by atoms with Crippen molar-refractivity contribution in [3.63, 3.8) is 0 Å². The number of benzene rings is 1. The van der Waals surface area contributed by atoms with Crippen LogP contribution in [0.2, 0.25) is 0 Å². The number of aliphatic hydroxyl groups excluding tert-OH is 3. The maximum absolute atomic E-state index is 9.92. The Morgan fingerprint density at radius 3 is 2.56 bits per heavy atom. The minimum atomic E-state index is -1.04. The fourth-order valence-electron chi connectivity index (χ4n) is 1.58. The summed E-state index contributed by atoms with van der Waals surface area (Å²) in [5, 5.41) is 28.2. The summed E-state index contributed by atoms with van der Waals surface area (Å²) in [6.07, 6.45) is -1.89. The third-order valence-corrected chi connectivity index (χ3v) is 2.49. The van der Waals surface area contributed by atoms with Crippen molar-refractivity contribution in [1.29, 1.82) is 0 Å². The van der Waals surface area contributed by atoms with Crippen molar-refractivity contribution in [2.45, 2.75) is 25.6 Å². The van der Waals surface area contributed by atoms with Crippen LogP contribution in [0.15, 0.2) is 18.2 Å². The van der Waals surface area contributed by atoms with Gasteiger partial charge in [0.2, 0.25) is 0 Å². The highest BCUT2D eigenvalue weighted by molar-refractivity contribution is 5.38. The molecular weight excluding hydrogens is 208 g/mol. The van der Waals surface area contributed by atoms with Gasteiger partial charge in [0.15, 0.2) is 0 Å². The summed E-state index contributed by atoms with van der Waals surface area (Å²) in [4.78, 5) is 0. The Labute approximate surface area is 95.1 Å². The van der Waals surface area contributed by atoms with Gasteiger partial charge in [-0.15, -0.1) is 0 Å². The molecule has 1 rings (SSSR count). The Kier molecular flexibility index (Phi) is 4.73. The first kappa shape index (κ1) is 13.0. The quantitative estimate of drug-likeness (QED) is 0.694. The fourth-order valence-corrected chi connectivity index (χ4v) is 1.58. The van der Waals surface area contributed by atoms with E-state index in [1.165, 1.54) is 7.11 Å². The number of hydrogen-bond donors (Lipinski definition) is 3. The van der Waals surface area contributed by atoms with Crippen LogP contribution in [0.25, 0.3) is 0 Å². The van der Waals surface area contributed by atoms with E-state index < -0.39 is 12.2 Å². The lowest BCUT2D eigenvalue weighted by molar-refractivity contribution is 0.00301. The van der Waals surface area contributed by atoms with Gasteiger partial charge in [-0.25, -0.2) is 0 Å². The zero-order valence-electron chi connectivity index (χ0n) is 9.55. The third-order valence-electron chi connectivity index (χ3n) is 2.49. The van der Waals surface area contributed by atoms with E-state index in [9.17, 15) is 10.2 Å². The van der Waals surface area contributed by atoms with E-state index in [1.54, 1.807) is 12.1 Å². The smallest absolute Gasteiger partial charge is 0.124 e. The van der Waals surface area contributed by atoms with Gasteiger partial charge < -0.3 is 20.1 Å². The van der Waals surface area contributed by atoms with Crippen LogP contribution in [-0.4, -0.2) is 35.1 Å². The second-order valence-electron chi connectivity index (χ2n) is 3.77. The molecule has 0 spiro atoms. The molecule has 90 valence electrons. The molecule has 0 aliphatic carbocycles. The number of aliphatic hydroxyl groups is 3. The molecule has 0 aliphatic heterocycles. The molecule has 2 unspecified atom stereocenters. The highest BCUT2D eigenvalue weighted by atomic mass is 16.5. The molecule has 0 saturated carbocycles. The van der Waals surface area contributed by atoms with E-state index in [-0.39, 0.29) is 13.0 Å². The van der Waals surface area contributed by atoms with E-state index in [1.807, 2.05) is 13.0 Å². The largest absolute Gasteiger partial charge is 0.496 e. The van der Waals surface area contributed by atoms with Crippen LogP contribution >= 0.6 is 0 Å². The van der Waals surface area contributed by atoms with Crippen molar-refractivity contribution in [3.05, 3.63) is 29.3 Å². The zero-order chi connectivity index (χ0) is 12.1. The standard InChI is InChI=1S/C12H18O4/c1-8-3-4-11(16-2)9(7-8)12(15)10(14)5-6-13/h3-4,7,10,12-15H,5-6H2,1-2H3. The Balaban J connectivity index is 2.96. The van der Waals surface area contributed by atoms with E-state index in [4.69, 9.17) is 9.84 Å². The lowest BCUT2D eigenvalue weighted by atomic mass is 9.99. The molecule has 16 heavy (non-hydrogen) atoms. The van der Waals surface area contributed by atoms with Gasteiger partial charge in [0.1, 0.15) is 11.9 Å². The van der Waals surface area contributed by atoms with E-state index >= 15 is 0 Å². The van der Waals surface area contributed by atoms with E-state index in [0.29, 0.717) is 11.3 Å². The first-order valence-electron chi connectivity index (χ1n) is 5.21. The number of hydrogen-bond acceptors (Lipinski definition) is 4. The van der Waals surface area contributed by atoms with Gasteiger partial charge in [-0.3, -0.25) is 0 Å². The average Bonchev–Trinajstić information content (AvgIpc) is 2.28. The second kappa shape index (κ2) is 5.84. The monoisotopic (exact) mass is 226 g/mol. The summed E-state index contributed by atoms with van der Waals surface area (Å²) in [5.41, 5.74) is 1.52. The van der Waals surface area contributed by atoms with Gasteiger partial charge in [-0.05, 0) is 25.5 Å². The van der Waals surface area contributed by atoms with Gasteiger partial charge in [0.25, 0.3) is 0 Å². The molecule has 0 bridgehead atoms. The summed E-state index contributed by atoms with van der Waals surface area (Å²) in [7, 11) is 1.51. The Bertz CT molecular complexity index is 338. The first-order valence-corrected chi connectivity index (χ1v) is 5.21. The molecule has 0 fully saturated rings. The van der Waals surface area contributed by atoms with Crippen molar-refractivity contribution in [2.24, 2.45) is 0 Å². The fraction of sp³-hybridized carbons (Fsp3) is 0.500. The summed E-state index contributed by atoms with van der Waals surface area (Å²) < 4.78 is 5.12. The summed E-state index contributed by atoms with van der Waals surface area (Å²) in [6.45, 7) is 1.74. The van der Waals surface area contributed by atoms with Crippen LogP contribution in [0.5, 0.6) is 5.75 Å².